The maximum absolute atomic E-state index is 10.6. The molecular formula is C32H37F6N3O7. The number of hydrogen-bond donors (Lipinski definition) is 6. The summed E-state index contributed by atoms with van der Waals surface area (Å²) >= 11 is 0. The number of carboxylic acid groups (broad SMARTS) is 2. The summed E-state index contributed by atoms with van der Waals surface area (Å²) in [5, 5.41) is 39.6. The highest BCUT2D eigenvalue weighted by molar-refractivity contribution is 5.86. The number of rotatable bonds is 4. The van der Waals surface area contributed by atoms with Gasteiger partial charge >= 0.3 is 24.3 Å². The molecule has 1 saturated heterocycles. The van der Waals surface area contributed by atoms with Gasteiger partial charge in [-0.1, -0.05) is 13.3 Å². The minimum absolute atomic E-state index is 0.247. The number of carboxylic acids is 2. The second-order valence-corrected chi connectivity index (χ2v) is 12.0. The number of alkyl halides is 6. The zero-order chi connectivity index (χ0) is 35.6. The lowest BCUT2D eigenvalue weighted by Crippen LogP contribution is -2.46. The number of aliphatic carboxylic acids is 2. The van der Waals surface area contributed by atoms with E-state index >= 15 is 0 Å². The maximum atomic E-state index is 10.6. The van der Waals surface area contributed by atoms with Gasteiger partial charge in [0.2, 0.25) is 0 Å². The Morgan fingerprint density at radius 3 is 2.21 bits per heavy atom. The number of methoxy groups -OCH3 is 1. The lowest BCUT2D eigenvalue weighted by Gasteiger charge is -2.48. The van der Waals surface area contributed by atoms with E-state index in [1.165, 1.54) is 28.8 Å². The predicted molar refractivity (Wildman–Crippen MR) is 161 cm³/mol. The number of nitrogens with zero attached hydrogens (tertiary/aromatic N) is 1. The molecule has 16 heteroatoms. The molecule has 6 rings (SSSR count). The Morgan fingerprint density at radius 1 is 0.979 bits per heavy atom. The number of H-pyrrole nitrogens is 1. The Balaban J connectivity index is 0.000000314. The lowest BCUT2D eigenvalue weighted by molar-refractivity contribution is -0.193. The van der Waals surface area contributed by atoms with E-state index in [2.05, 4.69) is 28.2 Å². The first kappa shape index (κ1) is 36.7. The quantitative estimate of drug-likeness (QED) is 0.179. The minimum Gasteiger partial charge on any atom is -0.508 e. The molecule has 4 atom stereocenters. The Kier molecular flexibility index (Phi) is 11.1. The molecule has 0 amide bonds. The number of aromatic nitrogens is 1. The summed E-state index contributed by atoms with van der Waals surface area (Å²) in [6.07, 6.45) is -4.75. The Morgan fingerprint density at radius 2 is 1.62 bits per heavy atom. The third-order valence-electron chi connectivity index (χ3n) is 9.16. The van der Waals surface area contributed by atoms with E-state index in [0.717, 1.165) is 56.2 Å². The molecular weight excluding hydrogens is 652 g/mol. The van der Waals surface area contributed by atoms with Crippen molar-refractivity contribution in [2.75, 3.05) is 26.7 Å². The van der Waals surface area contributed by atoms with Gasteiger partial charge in [-0.3, -0.25) is 4.90 Å². The van der Waals surface area contributed by atoms with Crippen LogP contribution in [0.2, 0.25) is 0 Å². The van der Waals surface area contributed by atoms with E-state index in [-0.39, 0.29) is 5.75 Å². The summed E-state index contributed by atoms with van der Waals surface area (Å²) in [6, 6.07) is 10.3. The third kappa shape index (κ3) is 8.27. The summed E-state index contributed by atoms with van der Waals surface area (Å²) in [5.74, 6) is -3.06. The van der Waals surface area contributed by atoms with Gasteiger partial charge in [0, 0.05) is 41.8 Å². The van der Waals surface area contributed by atoms with Crippen molar-refractivity contribution in [1.82, 2.24) is 15.2 Å². The van der Waals surface area contributed by atoms with Gasteiger partial charge in [-0.05, 0) is 91.1 Å². The topological polar surface area (TPSA) is 155 Å². The second kappa shape index (κ2) is 14.5. The number of benzene rings is 2. The molecule has 4 heterocycles. The summed E-state index contributed by atoms with van der Waals surface area (Å²) < 4.78 is 68.9. The van der Waals surface area contributed by atoms with Gasteiger partial charge in [-0.25, -0.2) is 9.59 Å². The first-order chi connectivity index (χ1) is 22.4. The molecule has 3 aliphatic rings. The summed E-state index contributed by atoms with van der Waals surface area (Å²) in [4.78, 5) is 24.1. The van der Waals surface area contributed by atoms with Crippen molar-refractivity contribution in [3.05, 3.63) is 52.7 Å². The smallest absolute Gasteiger partial charge is 0.490 e. The van der Waals surface area contributed by atoms with Crippen molar-refractivity contribution < 1.29 is 61.1 Å². The highest BCUT2D eigenvalue weighted by Crippen LogP contribution is 2.47. The number of halogens is 6. The van der Waals surface area contributed by atoms with Crippen LogP contribution in [0.1, 0.15) is 60.7 Å². The van der Waals surface area contributed by atoms with Gasteiger partial charge in [0.05, 0.1) is 7.11 Å². The molecule has 6 N–H and O–H groups in total. The van der Waals surface area contributed by atoms with Crippen LogP contribution in [-0.2, 0) is 22.4 Å². The van der Waals surface area contributed by atoms with Gasteiger partial charge in [0.1, 0.15) is 5.75 Å². The van der Waals surface area contributed by atoms with Gasteiger partial charge < -0.3 is 35.5 Å². The second-order valence-electron chi connectivity index (χ2n) is 12.0. The zero-order valence-electron chi connectivity index (χ0n) is 26.1. The molecule has 3 aliphatic heterocycles. The zero-order valence-corrected chi connectivity index (χ0v) is 26.1. The van der Waals surface area contributed by atoms with Crippen molar-refractivity contribution in [3.63, 3.8) is 0 Å². The highest BCUT2D eigenvalue weighted by Gasteiger charge is 2.41. The summed E-state index contributed by atoms with van der Waals surface area (Å²) in [7, 11) is 1.63. The molecule has 0 saturated carbocycles. The van der Waals surface area contributed by atoms with Crippen molar-refractivity contribution in [2.45, 2.75) is 63.5 Å². The molecule has 48 heavy (non-hydrogen) atoms. The summed E-state index contributed by atoms with van der Waals surface area (Å²) in [5.41, 5.74) is 6.38. The van der Waals surface area contributed by atoms with Gasteiger partial charge in [0.15, 0.2) is 11.5 Å². The van der Waals surface area contributed by atoms with Crippen molar-refractivity contribution in [3.8, 4) is 17.2 Å². The average molecular weight is 690 g/mol. The average Bonchev–Trinajstić information content (AvgIpc) is 3.38. The van der Waals surface area contributed by atoms with Crippen LogP contribution in [0, 0.1) is 11.8 Å². The van der Waals surface area contributed by atoms with Crippen LogP contribution < -0.4 is 10.1 Å². The minimum atomic E-state index is -5.08. The van der Waals surface area contributed by atoms with Crippen LogP contribution in [0.15, 0.2) is 30.3 Å². The molecule has 0 unspecified atom stereocenters. The Bertz CT molecular complexity index is 1600. The Labute approximate surface area is 271 Å². The molecule has 0 radical (unpaired) electrons. The molecule has 1 fully saturated rings. The standard InChI is InChI=1S/C28H35N3O3.2C2HF3O2/c1-3-16-15-31-9-7-17-12-26(33)27(34-2)14-21(17)25(31)11-18(16)10-24-28-20(6-8-29-24)22-13-19(32)4-5-23(22)30-28;2*3-2(4,5)1(6)7/h4-5,12-14,16,18,24-25,29-30,32-33H,3,6-11,15H2,1-2H3;2*(H,6,7)/t16-,18-,24-,25-;;/m0../s1. The Hall–Kier alpha value is -4.18. The number of ether oxygens (including phenoxy) is 1. The molecule has 10 nitrogen and oxygen atoms in total. The first-order valence-electron chi connectivity index (χ1n) is 15.2. The van der Waals surface area contributed by atoms with E-state index < -0.39 is 24.3 Å². The molecule has 0 bridgehead atoms. The number of nitrogens with one attached hydrogen (secondary N) is 2. The first-order valence-corrected chi connectivity index (χ1v) is 15.2. The van der Waals surface area contributed by atoms with E-state index in [1.807, 2.05) is 18.2 Å². The fraction of sp³-hybridized carbons (Fsp3) is 0.500. The van der Waals surface area contributed by atoms with E-state index in [0.29, 0.717) is 35.4 Å². The van der Waals surface area contributed by atoms with Crippen molar-refractivity contribution >= 4 is 22.8 Å². The lowest BCUT2D eigenvalue weighted by atomic mass is 9.73. The van der Waals surface area contributed by atoms with E-state index in [1.54, 1.807) is 13.2 Å². The number of carbonyl (C=O) groups is 2. The van der Waals surface area contributed by atoms with Gasteiger partial charge in [-0.15, -0.1) is 0 Å². The number of phenols is 2. The van der Waals surface area contributed by atoms with E-state index in [4.69, 9.17) is 24.5 Å². The maximum Gasteiger partial charge on any atom is 0.490 e. The number of aromatic hydroxyl groups is 2. The normalized spacial score (nSPS) is 22.2. The summed E-state index contributed by atoms with van der Waals surface area (Å²) in [6.45, 7) is 5.50. The van der Waals surface area contributed by atoms with Crippen LogP contribution in [0.3, 0.4) is 0 Å². The monoisotopic (exact) mass is 689 g/mol. The number of aromatic amines is 1. The van der Waals surface area contributed by atoms with E-state index in [9.17, 15) is 36.6 Å². The fourth-order valence-electron chi connectivity index (χ4n) is 6.91. The largest absolute Gasteiger partial charge is 0.508 e. The molecule has 1 aromatic heterocycles. The van der Waals surface area contributed by atoms with Crippen molar-refractivity contribution in [1.29, 1.82) is 0 Å². The highest BCUT2D eigenvalue weighted by atomic mass is 19.4. The molecule has 3 aromatic rings. The van der Waals surface area contributed by atoms with Crippen LogP contribution >= 0.6 is 0 Å². The number of piperidine rings is 1. The van der Waals surface area contributed by atoms with Crippen molar-refractivity contribution in [2.24, 2.45) is 11.8 Å². The SMILES string of the molecule is CC[C@H]1CN2CCc3cc(O)c(OC)cc3[C@@H]2C[C@@H]1C[C@@H]1NCCc2c1[nH]c1ccc(O)cc21.O=C(O)C(F)(F)F.O=C(O)C(F)(F)F. The molecule has 0 aliphatic carbocycles. The predicted octanol–water partition coefficient (Wildman–Crippen LogP) is 6.08. The number of phenolic OH excluding ortho intramolecular Hbond substituents is 2. The van der Waals surface area contributed by atoms with Gasteiger partial charge in [0.25, 0.3) is 0 Å². The van der Waals surface area contributed by atoms with Crippen LogP contribution in [0.5, 0.6) is 17.2 Å². The van der Waals surface area contributed by atoms with Crippen LogP contribution in [0.4, 0.5) is 26.3 Å². The number of hydrogen-bond acceptors (Lipinski definition) is 7. The molecule has 2 aromatic carbocycles. The molecule has 0 spiro atoms. The number of fused-ring (bicyclic) bond motifs is 6. The third-order valence-corrected chi connectivity index (χ3v) is 9.16. The fourth-order valence-corrected chi connectivity index (χ4v) is 6.91. The van der Waals surface area contributed by atoms with Gasteiger partial charge in [-0.2, -0.15) is 26.3 Å². The van der Waals surface area contributed by atoms with Crippen LogP contribution in [0.25, 0.3) is 10.9 Å². The molecule has 264 valence electrons. The van der Waals surface area contributed by atoms with Crippen LogP contribution in [-0.4, -0.2) is 81.3 Å².